The Morgan fingerprint density at radius 1 is 1.37 bits per heavy atom. The largest absolute Gasteiger partial charge is 0.508 e. The number of hydrogen-bond donors (Lipinski definition) is 3. The maximum absolute atomic E-state index is 12.9. The summed E-state index contributed by atoms with van der Waals surface area (Å²) in [6.07, 6.45) is 3.88. The number of piperazine rings is 1. The molecular weight excluding hydrogens is 345 g/mol. The van der Waals surface area contributed by atoms with Gasteiger partial charge in [0.15, 0.2) is 0 Å². The predicted molar refractivity (Wildman–Crippen MR) is 104 cm³/mol. The zero-order valence-corrected chi connectivity index (χ0v) is 15.7. The number of phenols is 1. The van der Waals surface area contributed by atoms with Gasteiger partial charge in [-0.2, -0.15) is 0 Å². The molecule has 0 unspecified atom stereocenters. The Balaban J connectivity index is 1.76. The highest BCUT2D eigenvalue weighted by Crippen LogP contribution is 2.35. The van der Waals surface area contributed by atoms with Gasteiger partial charge in [-0.25, -0.2) is 0 Å². The summed E-state index contributed by atoms with van der Waals surface area (Å²) in [5.74, 6) is 0.118. The lowest BCUT2D eigenvalue weighted by molar-refractivity contribution is -0.146. The van der Waals surface area contributed by atoms with Crippen LogP contribution < -0.4 is 5.32 Å². The number of aromatic amines is 1. The van der Waals surface area contributed by atoms with E-state index in [2.05, 4.69) is 16.9 Å². The molecule has 2 aliphatic rings. The van der Waals surface area contributed by atoms with Crippen molar-refractivity contribution in [2.45, 2.75) is 50.6 Å². The van der Waals surface area contributed by atoms with Crippen LogP contribution >= 0.6 is 0 Å². The number of carbonyl (C=O) groups is 2. The molecule has 2 atom stereocenters. The summed E-state index contributed by atoms with van der Waals surface area (Å²) in [5, 5.41) is 13.7. The zero-order chi connectivity index (χ0) is 19.3. The molecule has 0 aliphatic carbocycles. The van der Waals surface area contributed by atoms with Crippen molar-refractivity contribution in [3.8, 4) is 5.75 Å². The summed E-state index contributed by atoms with van der Waals surface area (Å²) in [5.41, 5.74) is 2.39. The lowest BCUT2D eigenvalue weighted by Crippen LogP contribution is -2.61. The summed E-state index contributed by atoms with van der Waals surface area (Å²) in [7, 11) is 0. The number of fused-ring (bicyclic) bond motifs is 2. The normalized spacial score (nSPS) is 22.8. The molecule has 2 amide bonds. The van der Waals surface area contributed by atoms with Crippen LogP contribution in [0.25, 0.3) is 10.9 Å². The first kappa shape index (κ1) is 17.6. The van der Waals surface area contributed by atoms with Gasteiger partial charge in [-0.3, -0.25) is 9.59 Å². The molecule has 3 N–H and O–H groups in total. The molecule has 1 aromatic heterocycles. The highest BCUT2D eigenvalue weighted by molar-refractivity contribution is 5.98. The minimum absolute atomic E-state index is 0.00686. The SMILES string of the molecule is C=CC(C)(C)c1[nH]c2cc(O)ccc2c1C[C@H]1N[13C](=O)[C@@H]2CCC[15N]2[13C]1=O. The minimum atomic E-state index is -0.570. The van der Waals surface area contributed by atoms with Gasteiger partial charge in [-0.15, -0.1) is 6.58 Å². The van der Waals surface area contributed by atoms with Gasteiger partial charge in [0, 0.05) is 41.0 Å². The summed E-state index contributed by atoms with van der Waals surface area (Å²) >= 11 is 0. The molecule has 2 aliphatic heterocycles. The molecule has 3 heterocycles. The Morgan fingerprint density at radius 2 is 2.15 bits per heavy atom. The van der Waals surface area contributed by atoms with Crippen molar-refractivity contribution in [2.24, 2.45) is 0 Å². The number of benzene rings is 1. The summed E-state index contributed by atoms with van der Waals surface area (Å²) in [6.45, 7) is 8.69. The summed E-state index contributed by atoms with van der Waals surface area (Å²) < 4.78 is 0. The smallest absolute Gasteiger partial charge is 0.246 e. The second kappa shape index (κ2) is 6.15. The molecule has 0 bridgehead atoms. The number of nitrogens with zero attached hydrogens (tertiary/aromatic N) is 1. The molecule has 6 nitrogen and oxygen atoms in total. The van der Waals surface area contributed by atoms with Crippen molar-refractivity contribution < 1.29 is 14.7 Å². The molecule has 142 valence electrons. The van der Waals surface area contributed by atoms with Crippen molar-refractivity contribution in [2.75, 3.05) is 6.54 Å². The topological polar surface area (TPSA) is 85.4 Å². The van der Waals surface area contributed by atoms with E-state index in [0.717, 1.165) is 35.0 Å². The van der Waals surface area contributed by atoms with E-state index in [0.29, 0.717) is 13.0 Å². The van der Waals surface area contributed by atoms with Gasteiger partial charge in [0.2, 0.25) is 11.8 Å². The monoisotopic (exact) mass is 370 g/mol. The van der Waals surface area contributed by atoms with E-state index in [4.69, 9.17) is 0 Å². The maximum atomic E-state index is 12.9. The van der Waals surface area contributed by atoms with Gasteiger partial charge in [0.05, 0.1) is 0 Å². The van der Waals surface area contributed by atoms with Crippen LogP contribution in [0.1, 0.15) is 37.9 Å². The Hall–Kier alpha value is -2.76. The number of aromatic hydroxyl groups is 1. The van der Waals surface area contributed by atoms with Crippen molar-refractivity contribution in [1.82, 2.24) is 15.2 Å². The van der Waals surface area contributed by atoms with Crippen LogP contribution in [0.5, 0.6) is 5.75 Å². The van der Waals surface area contributed by atoms with Crippen LogP contribution in [0, 0.1) is 0 Å². The molecule has 1 aromatic carbocycles. The summed E-state index contributed by atoms with van der Waals surface area (Å²) in [4.78, 5) is 30.5. The van der Waals surface area contributed by atoms with Crippen LogP contribution in [0.2, 0.25) is 0 Å². The molecule has 2 fully saturated rings. The Labute approximate surface area is 158 Å². The number of amides is 2. The number of aromatic nitrogens is 1. The van der Waals surface area contributed by atoms with E-state index in [-0.39, 0.29) is 29.0 Å². The molecule has 27 heavy (non-hydrogen) atoms. The molecule has 0 radical (unpaired) electrons. The third-order valence-corrected chi connectivity index (χ3v) is 5.91. The average Bonchev–Trinajstić information content (AvgIpc) is 3.25. The van der Waals surface area contributed by atoms with Crippen molar-refractivity contribution in [3.05, 3.63) is 42.1 Å². The van der Waals surface area contributed by atoms with E-state index in [1.807, 2.05) is 26.0 Å². The quantitative estimate of drug-likeness (QED) is 0.439. The number of carbonyl (C=O) groups excluding carboxylic acids is 2. The van der Waals surface area contributed by atoms with Gasteiger partial charge in [-0.05, 0) is 30.5 Å². The van der Waals surface area contributed by atoms with Crippen LogP contribution in [0.15, 0.2) is 30.9 Å². The van der Waals surface area contributed by atoms with Gasteiger partial charge in [0.25, 0.3) is 0 Å². The average molecular weight is 370 g/mol. The molecule has 0 saturated carbocycles. The number of phenolic OH excluding ortho intramolecular Hbond substituents is 1. The highest BCUT2D eigenvalue weighted by atomic mass is 16.3. The Bertz CT molecular complexity index is 944. The van der Waals surface area contributed by atoms with Gasteiger partial charge in [0.1, 0.15) is 17.8 Å². The van der Waals surface area contributed by atoms with Gasteiger partial charge in [-0.1, -0.05) is 19.9 Å². The number of allylic oxidation sites excluding steroid dienone is 1. The second-order valence-corrected chi connectivity index (χ2v) is 8.09. The number of hydrogen-bond acceptors (Lipinski definition) is 3. The van der Waals surface area contributed by atoms with Crippen LogP contribution in [-0.4, -0.2) is 45.4 Å². The number of H-pyrrole nitrogens is 1. The third kappa shape index (κ3) is 2.80. The molecule has 0 spiro atoms. The molecule has 2 saturated heterocycles. The fourth-order valence-electron chi connectivity index (χ4n) is 4.28. The molecule has 2 aromatic rings. The highest BCUT2D eigenvalue weighted by Gasteiger charge is 2.43. The number of rotatable bonds is 4. The lowest BCUT2D eigenvalue weighted by Gasteiger charge is -2.35. The molecule has 6 heteroatoms. The summed E-state index contributed by atoms with van der Waals surface area (Å²) in [6, 6.07) is 4.30. The first-order valence-corrected chi connectivity index (χ1v) is 9.40. The first-order chi connectivity index (χ1) is 12.8. The van der Waals surface area contributed by atoms with Gasteiger partial charge >= 0.3 is 0 Å². The number of nitrogens with one attached hydrogen (secondary N) is 2. The third-order valence-electron chi connectivity index (χ3n) is 5.91. The van der Waals surface area contributed by atoms with Crippen LogP contribution in [0.4, 0.5) is 0 Å². The lowest BCUT2D eigenvalue weighted by atomic mass is 9.85. The van der Waals surface area contributed by atoms with Crippen molar-refractivity contribution in [3.63, 3.8) is 0 Å². The van der Waals surface area contributed by atoms with E-state index < -0.39 is 6.04 Å². The Kier molecular flexibility index (Phi) is 4.02. The van der Waals surface area contributed by atoms with Gasteiger partial charge < -0.3 is 20.3 Å². The predicted octanol–water partition coefficient (Wildman–Crippen LogP) is 2.37. The maximum Gasteiger partial charge on any atom is 0.246 e. The zero-order valence-electron chi connectivity index (χ0n) is 15.7. The van der Waals surface area contributed by atoms with E-state index in [1.165, 1.54) is 0 Å². The van der Waals surface area contributed by atoms with Crippen LogP contribution in [-0.2, 0) is 21.4 Å². The molecular formula is C21H25N3O3. The van der Waals surface area contributed by atoms with Crippen molar-refractivity contribution in [1.29, 1.82) is 0 Å². The fraction of sp³-hybridized carbons (Fsp3) is 0.429. The fourth-order valence-corrected chi connectivity index (χ4v) is 4.28. The van der Waals surface area contributed by atoms with Crippen molar-refractivity contribution >= 4 is 22.7 Å². The Morgan fingerprint density at radius 3 is 2.89 bits per heavy atom. The van der Waals surface area contributed by atoms with E-state index in [9.17, 15) is 14.7 Å². The minimum Gasteiger partial charge on any atom is -0.508 e. The standard InChI is InChI=1S/C21H25N3O3/c1-4-21(2,3)18-14(13-8-7-12(25)10-15(13)22-18)11-16-20(27)24-9-5-6-17(24)19(26)23-16/h4,7-8,10,16-17,22,25H,1,5-6,9,11H2,2-3H3,(H,23,26)/t16-,17+/m1/s1/i19+1,20+1,24+1. The molecule has 4 rings (SSSR count). The first-order valence-electron chi connectivity index (χ1n) is 9.40. The van der Waals surface area contributed by atoms with E-state index in [1.54, 1.807) is 17.0 Å². The second-order valence-electron chi connectivity index (χ2n) is 8.09. The van der Waals surface area contributed by atoms with Crippen LogP contribution in [0.3, 0.4) is 0 Å². The van der Waals surface area contributed by atoms with E-state index >= 15 is 0 Å².